The van der Waals surface area contributed by atoms with E-state index >= 15 is 0 Å². The van der Waals surface area contributed by atoms with Gasteiger partial charge in [-0.2, -0.15) is 0 Å². The summed E-state index contributed by atoms with van der Waals surface area (Å²) in [5, 5.41) is 21.2. The van der Waals surface area contributed by atoms with Gasteiger partial charge in [0, 0.05) is 18.3 Å². The van der Waals surface area contributed by atoms with Gasteiger partial charge in [0.15, 0.2) is 0 Å². The average molecular weight is 264 g/mol. The Morgan fingerprint density at radius 1 is 1.53 bits per heavy atom. The number of anilines is 1. The molecule has 1 unspecified atom stereocenters. The van der Waals surface area contributed by atoms with Gasteiger partial charge in [0.1, 0.15) is 11.4 Å². The van der Waals surface area contributed by atoms with Gasteiger partial charge in [-0.05, 0) is 50.7 Å². The van der Waals surface area contributed by atoms with Gasteiger partial charge in [-0.15, -0.1) is 0 Å². The molecule has 0 fully saturated rings. The summed E-state index contributed by atoms with van der Waals surface area (Å²) >= 11 is 0. The number of hydrogen-bond acceptors (Lipinski definition) is 4. The summed E-state index contributed by atoms with van der Waals surface area (Å²) < 4.78 is 0. The normalized spacial score (nSPS) is 15.1. The number of pyridine rings is 1. The predicted molar refractivity (Wildman–Crippen MR) is 72.6 cm³/mol. The van der Waals surface area contributed by atoms with Crippen molar-refractivity contribution < 1.29 is 15.0 Å². The zero-order chi connectivity index (χ0) is 13.8. The van der Waals surface area contributed by atoms with Crippen molar-refractivity contribution in [3.05, 3.63) is 22.9 Å². The van der Waals surface area contributed by atoms with E-state index in [1.807, 2.05) is 6.92 Å². The first-order valence-electron chi connectivity index (χ1n) is 6.75. The van der Waals surface area contributed by atoms with Crippen LogP contribution in [0.4, 0.5) is 5.82 Å². The molecule has 0 saturated carbocycles. The largest absolute Gasteiger partial charge is 0.478 e. The minimum atomic E-state index is -0.945. The van der Waals surface area contributed by atoms with E-state index in [1.54, 1.807) is 6.07 Å². The third kappa shape index (κ3) is 3.23. The summed E-state index contributed by atoms with van der Waals surface area (Å²) in [7, 11) is 0. The van der Waals surface area contributed by atoms with E-state index in [1.165, 1.54) is 0 Å². The second-order valence-corrected chi connectivity index (χ2v) is 5.06. The maximum Gasteiger partial charge on any atom is 0.339 e. The zero-order valence-corrected chi connectivity index (χ0v) is 11.1. The van der Waals surface area contributed by atoms with E-state index in [0.717, 1.165) is 36.9 Å². The summed E-state index contributed by atoms with van der Waals surface area (Å²) in [4.78, 5) is 15.8. The van der Waals surface area contributed by atoms with Gasteiger partial charge in [-0.25, -0.2) is 9.78 Å². The van der Waals surface area contributed by atoms with Crippen LogP contribution in [0.2, 0.25) is 0 Å². The topological polar surface area (TPSA) is 82.5 Å². The molecular weight excluding hydrogens is 244 g/mol. The molecule has 0 bridgehead atoms. The van der Waals surface area contributed by atoms with Crippen LogP contribution in [0.25, 0.3) is 0 Å². The zero-order valence-electron chi connectivity index (χ0n) is 11.1. The number of rotatable bonds is 6. The fourth-order valence-electron chi connectivity index (χ4n) is 2.45. The van der Waals surface area contributed by atoms with Gasteiger partial charge in [-0.3, -0.25) is 0 Å². The summed E-state index contributed by atoms with van der Waals surface area (Å²) in [6, 6.07) is 1.84. The van der Waals surface area contributed by atoms with Gasteiger partial charge in [0.05, 0.1) is 0 Å². The van der Waals surface area contributed by atoms with Crippen LogP contribution in [-0.4, -0.2) is 33.8 Å². The van der Waals surface area contributed by atoms with Gasteiger partial charge in [0.2, 0.25) is 0 Å². The number of nitrogens with one attached hydrogen (secondary N) is 1. The maximum absolute atomic E-state index is 11.3. The van der Waals surface area contributed by atoms with Gasteiger partial charge < -0.3 is 15.5 Å². The molecule has 3 N–H and O–H groups in total. The Bertz CT molecular complexity index is 474. The monoisotopic (exact) mass is 264 g/mol. The molecule has 1 aliphatic carbocycles. The molecule has 0 radical (unpaired) electrons. The number of aryl methyl sites for hydroxylation is 2. The fourth-order valence-corrected chi connectivity index (χ4v) is 2.45. The molecule has 19 heavy (non-hydrogen) atoms. The van der Waals surface area contributed by atoms with Crippen molar-refractivity contribution in [2.45, 2.75) is 45.1 Å². The number of aliphatic hydroxyl groups excluding tert-OH is 1. The SMILES string of the molecule is CC(CCCO)Nc1nc2c(cc1C(=O)O)CCC2. The predicted octanol–water partition coefficient (Wildman–Crippen LogP) is 1.84. The number of carboxylic acids is 1. The number of fused-ring (bicyclic) bond motifs is 1. The Hall–Kier alpha value is -1.62. The number of carbonyl (C=O) groups is 1. The lowest BCUT2D eigenvalue weighted by Crippen LogP contribution is -2.19. The molecule has 2 rings (SSSR count). The molecule has 0 spiro atoms. The molecule has 1 aromatic heterocycles. The van der Waals surface area contributed by atoms with Crippen molar-refractivity contribution in [3.63, 3.8) is 0 Å². The van der Waals surface area contributed by atoms with E-state index in [2.05, 4.69) is 10.3 Å². The Morgan fingerprint density at radius 3 is 3.00 bits per heavy atom. The number of aliphatic hydroxyl groups is 1. The lowest BCUT2D eigenvalue weighted by molar-refractivity contribution is 0.0697. The highest BCUT2D eigenvalue weighted by Crippen LogP contribution is 2.26. The highest BCUT2D eigenvalue weighted by molar-refractivity contribution is 5.93. The number of carboxylic acid groups (broad SMARTS) is 1. The molecule has 1 heterocycles. The Morgan fingerprint density at radius 2 is 2.32 bits per heavy atom. The molecule has 0 aliphatic heterocycles. The van der Waals surface area contributed by atoms with Crippen molar-refractivity contribution in [2.24, 2.45) is 0 Å². The average Bonchev–Trinajstić information content (AvgIpc) is 2.82. The van der Waals surface area contributed by atoms with Crippen LogP contribution in [0.1, 0.15) is 47.8 Å². The smallest absolute Gasteiger partial charge is 0.339 e. The van der Waals surface area contributed by atoms with Crippen molar-refractivity contribution in [1.29, 1.82) is 0 Å². The van der Waals surface area contributed by atoms with Crippen LogP contribution in [0.3, 0.4) is 0 Å². The van der Waals surface area contributed by atoms with Crippen LogP contribution >= 0.6 is 0 Å². The molecule has 0 aromatic carbocycles. The summed E-state index contributed by atoms with van der Waals surface area (Å²) in [6.07, 6.45) is 4.37. The number of nitrogens with zero attached hydrogens (tertiary/aromatic N) is 1. The third-order valence-electron chi connectivity index (χ3n) is 3.46. The highest BCUT2D eigenvalue weighted by Gasteiger charge is 2.20. The molecule has 5 nitrogen and oxygen atoms in total. The molecule has 1 atom stereocenters. The molecule has 1 aliphatic rings. The molecule has 0 amide bonds. The van der Waals surface area contributed by atoms with E-state index in [9.17, 15) is 9.90 Å². The maximum atomic E-state index is 11.3. The second-order valence-electron chi connectivity index (χ2n) is 5.06. The Balaban J connectivity index is 2.20. The number of aromatic nitrogens is 1. The van der Waals surface area contributed by atoms with Crippen LogP contribution in [0, 0.1) is 0 Å². The van der Waals surface area contributed by atoms with Crippen molar-refractivity contribution in [2.75, 3.05) is 11.9 Å². The van der Waals surface area contributed by atoms with E-state index in [-0.39, 0.29) is 18.2 Å². The van der Waals surface area contributed by atoms with Gasteiger partial charge >= 0.3 is 5.97 Å². The Labute approximate surface area is 112 Å². The van der Waals surface area contributed by atoms with E-state index < -0.39 is 5.97 Å². The molecular formula is C14H20N2O3. The van der Waals surface area contributed by atoms with Crippen molar-refractivity contribution in [3.8, 4) is 0 Å². The van der Waals surface area contributed by atoms with Crippen LogP contribution < -0.4 is 5.32 Å². The molecule has 0 saturated heterocycles. The lowest BCUT2D eigenvalue weighted by Gasteiger charge is -2.16. The minimum absolute atomic E-state index is 0.0946. The van der Waals surface area contributed by atoms with Crippen molar-refractivity contribution in [1.82, 2.24) is 4.98 Å². The highest BCUT2D eigenvalue weighted by atomic mass is 16.4. The van der Waals surface area contributed by atoms with Crippen LogP contribution in [-0.2, 0) is 12.8 Å². The van der Waals surface area contributed by atoms with Crippen molar-refractivity contribution >= 4 is 11.8 Å². The molecule has 1 aromatic rings. The first-order valence-corrected chi connectivity index (χ1v) is 6.75. The standard InChI is InChI=1S/C14H20N2O3/c1-9(4-3-7-17)15-13-11(14(18)19)8-10-5-2-6-12(10)16-13/h8-9,17H,2-7H2,1H3,(H,15,16)(H,18,19). The second kappa shape index (κ2) is 6.02. The van der Waals surface area contributed by atoms with E-state index in [4.69, 9.17) is 5.11 Å². The summed E-state index contributed by atoms with van der Waals surface area (Å²) in [5.41, 5.74) is 2.32. The minimum Gasteiger partial charge on any atom is -0.478 e. The lowest BCUT2D eigenvalue weighted by atomic mass is 10.1. The van der Waals surface area contributed by atoms with Crippen LogP contribution in [0.15, 0.2) is 6.07 Å². The quantitative estimate of drug-likeness (QED) is 0.730. The van der Waals surface area contributed by atoms with Gasteiger partial charge in [0.25, 0.3) is 0 Å². The molecule has 5 heteroatoms. The third-order valence-corrected chi connectivity index (χ3v) is 3.46. The fraction of sp³-hybridized carbons (Fsp3) is 0.571. The Kier molecular flexibility index (Phi) is 4.37. The first kappa shape index (κ1) is 13.8. The summed E-state index contributed by atoms with van der Waals surface area (Å²) in [6.45, 7) is 2.12. The van der Waals surface area contributed by atoms with Gasteiger partial charge in [-0.1, -0.05) is 0 Å². The number of aromatic carboxylic acids is 1. The van der Waals surface area contributed by atoms with Crippen LogP contribution in [0.5, 0.6) is 0 Å². The molecule has 104 valence electrons. The van der Waals surface area contributed by atoms with E-state index in [0.29, 0.717) is 12.2 Å². The first-order chi connectivity index (χ1) is 9.11. The number of hydrogen-bond donors (Lipinski definition) is 3. The summed E-state index contributed by atoms with van der Waals surface area (Å²) in [5.74, 6) is -0.488.